The van der Waals surface area contributed by atoms with Crippen LogP contribution in [0.5, 0.6) is 17.2 Å². The van der Waals surface area contributed by atoms with Crippen LogP contribution in [0.15, 0.2) is 35.2 Å². The first kappa shape index (κ1) is 23.7. The van der Waals surface area contributed by atoms with Gasteiger partial charge in [-0.05, 0) is 0 Å². The molecule has 2 heterocycles. The van der Waals surface area contributed by atoms with Gasteiger partial charge in [-0.2, -0.15) is 4.99 Å². The molecule has 0 bridgehead atoms. The lowest BCUT2D eigenvalue weighted by Gasteiger charge is -2.35. The van der Waals surface area contributed by atoms with Crippen molar-refractivity contribution in [3.05, 3.63) is 47.4 Å². The zero-order chi connectivity index (χ0) is 24.1. The highest BCUT2D eigenvalue weighted by atomic mass is 19.1. The fourth-order valence-electron chi connectivity index (χ4n) is 2.83. The fraction of sp³-hybridized carbons (Fsp3) is 0.300. The van der Waals surface area contributed by atoms with E-state index in [4.69, 9.17) is 25.7 Å². The number of amides is 1. The van der Waals surface area contributed by atoms with E-state index in [-0.39, 0.29) is 47.8 Å². The van der Waals surface area contributed by atoms with Crippen molar-refractivity contribution in [2.45, 2.75) is 12.7 Å². The number of likely N-dealkylation sites (tertiary alicyclic amines) is 1. The molecule has 1 aliphatic heterocycles. The van der Waals surface area contributed by atoms with Crippen LogP contribution in [0.4, 0.5) is 14.7 Å². The van der Waals surface area contributed by atoms with Crippen LogP contribution in [0.1, 0.15) is 5.56 Å². The maximum Gasteiger partial charge on any atom is 0.270 e. The Kier molecular flexibility index (Phi) is 7.23. The fourth-order valence-corrected chi connectivity index (χ4v) is 2.83. The normalized spacial score (nSPS) is 14.6. The maximum atomic E-state index is 14.4. The van der Waals surface area contributed by atoms with E-state index in [2.05, 4.69) is 15.0 Å². The lowest BCUT2D eigenvalue weighted by atomic mass is 10.1. The number of methoxy groups -OCH3 is 2. The molecule has 0 radical (unpaired) electrons. The van der Waals surface area contributed by atoms with E-state index in [9.17, 15) is 18.7 Å². The monoisotopic (exact) mass is 464 g/mol. The molecule has 5 N–H and O–H groups in total. The Morgan fingerprint density at radius 2 is 1.79 bits per heavy atom. The Morgan fingerprint density at radius 1 is 1.21 bits per heavy atom. The number of carbonyl (C=O) groups is 1. The second-order valence-corrected chi connectivity index (χ2v) is 6.90. The largest absolute Gasteiger partial charge is 0.494 e. The number of amidine groups is 1. The van der Waals surface area contributed by atoms with E-state index >= 15 is 0 Å². The first-order valence-corrected chi connectivity index (χ1v) is 9.55. The quantitative estimate of drug-likeness (QED) is 0.285. The van der Waals surface area contributed by atoms with Gasteiger partial charge >= 0.3 is 0 Å². The van der Waals surface area contributed by atoms with Crippen molar-refractivity contribution >= 4 is 17.7 Å². The van der Waals surface area contributed by atoms with Crippen LogP contribution >= 0.6 is 0 Å². The van der Waals surface area contributed by atoms with Crippen LogP contribution in [0, 0.1) is 11.6 Å². The van der Waals surface area contributed by atoms with E-state index in [1.54, 1.807) is 0 Å². The highest BCUT2D eigenvalue weighted by Crippen LogP contribution is 2.32. The minimum atomic E-state index is -0.919. The minimum absolute atomic E-state index is 0.0591. The van der Waals surface area contributed by atoms with Crippen molar-refractivity contribution in [2.24, 2.45) is 16.5 Å². The Morgan fingerprint density at radius 3 is 2.30 bits per heavy atom. The summed E-state index contributed by atoms with van der Waals surface area (Å²) in [7, 11) is 2.49. The molecule has 0 aliphatic carbocycles. The van der Waals surface area contributed by atoms with Gasteiger partial charge < -0.3 is 35.7 Å². The lowest BCUT2D eigenvalue weighted by molar-refractivity contribution is -0.136. The summed E-state index contributed by atoms with van der Waals surface area (Å²) in [5.74, 6) is -2.78. The standard InChI is InChI=1S/C20H22F2N6O5/c1-31-14-4-15(32-2)18(22)12(17(14)21)9-33-11-5-25-20(26-6-11)27-16(24)3-13(23)19(30)28-7-10(29)8-28/h3-6,10,29H,7-9,23H2,1-2H3,(H2,24,25,26,27)/b13-3-. The smallest absolute Gasteiger partial charge is 0.270 e. The number of rotatable bonds is 8. The van der Waals surface area contributed by atoms with Crippen molar-refractivity contribution in [3.63, 3.8) is 0 Å². The molecule has 33 heavy (non-hydrogen) atoms. The predicted octanol–water partition coefficient (Wildman–Crippen LogP) is 0.385. The summed E-state index contributed by atoms with van der Waals surface area (Å²) in [6, 6.07) is 1.09. The molecule has 0 unspecified atom stereocenters. The van der Waals surface area contributed by atoms with Gasteiger partial charge in [0.15, 0.2) is 28.9 Å². The van der Waals surface area contributed by atoms with Crippen molar-refractivity contribution in [3.8, 4) is 17.2 Å². The van der Waals surface area contributed by atoms with Crippen LogP contribution < -0.4 is 25.7 Å². The highest BCUT2D eigenvalue weighted by molar-refractivity contribution is 6.02. The minimum Gasteiger partial charge on any atom is -0.494 e. The Balaban J connectivity index is 1.66. The number of hydrogen-bond acceptors (Lipinski definition) is 9. The number of β-amino-alcohol motifs (C(OH)–C–C–N with tert-alkyl or cyclic N) is 1. The number of benzene rings is 1. The Labute approximate surface area is 187 Å². The molecule has 1 amide bonds. The second-order valence-electron chi connectivity index (χ2n) is 6.90. The van der Waals surface area contributed by atoms with Gasteiger partial charge in [0.1, 0.15) is 18.1 Å². The molecule has 13 heteroatoms. The molecule has 1 aromatic heterocycles. The van der Waals surface area contributed by atoms with Crippen molar-refractivity contribution in [1.29, 1.82) is 0 Å². The Bertz CT molecular complexity index is 1060. The summed E-state index contributed by atoms with van der Waals surface area (Å²) in [5.41, 5.74) is 10.9. The van der Waals surface area contributed by atoms with E-state index in [0.29, 0.717) is 0 Å². The zero-order valence-electron chi connectivity index (χ0n) is 17.8. The van der Waals surface area contributed by atoms with Gasteiger partial charge in [0, 0.05) is 25.2 Å². The van der Waals surface area contributed by atoms with Gasteiger partial charge in [-0.15, -0.1) is 0 Å². The summed E-state index contributed by atoms with van der Waals surface area (Å²) >= 11 is 0. The molecule has 176 valence electrons. The number of nitrogens with zero attached hydrogens (tertiary/aromatic N) is 4. The third-order valence-corrected chi connectivity index (χ3v) is 4.59. The van der Waals surface area contributed by atoms with Crippen LogP contribution in [-0.4, -0.2) is 65.1 Å². The van der Waals surface area contributed by atoms with Gasteiger partial charge in [-0.3, -0.25) is 4.79 Å². The average Bonchev–Trinajstić information content (AvgIpc) is 2.77. The van der Waals surface area contributed by atoms with Crippen molar-refractivity contribution < 1.29 is 32.9 Å². The van der Waals surface area contributed by atoms with E-state index in [1.807, 2.05) is 0 Å². The van der Waals surface area contributed by atoms with Gasteiger partial charge in [-0.1, -0.05) is 0 Å². The average molecular weight is 464 g/mol. The first-order valence-electron chi connectivity index (χ1n) is 9.55. The number of carbonyl (C=O) groups excluding carboxylic acids is 1. The number of halogens is 2. The molecule has 3 rings (SSSR count). The molecule has 2 aromatic rings. The van der Waals surface area contributed by atoms with Gasteiger partial charge in [-0.25, -0.2) is 18.7 Å². The Hall–Kier alpha value is -4.00. The van der Waals surface area contributed by atoms with E-state index in [0.717, 1.165) is 12.1 Å². The van der Waals surface area contributed by atoms with Crippen LogP contribution in [0.2, 0.25) is 0 Å². The van der Waals surface area contributed by atoms with Crippen LogP contribution in [0.25, 0.3) is 0 Å². The van der Waals surface area contributed by atoms with E-state index < -0.39 is 35.8 Å². The molecular weight excluding hydrogens is 442 g/mol. The van der Waals surface area contributed by atoms with Gasteiger partial charge in [0.2, 0.25) is 0 Å². The number of aromatic nitrogens is 2. The number of aliphatic imine (C=N–C) groups is 1. The zero-order valence-corrected chi connectivity index (χ0v) is 17.8. The molecule has 0 spiro atoms. The number of aliphatic hydroxyl groups is 1. The third kappa shape index (κ3) is 5.44. The molecule has 1 aliphatic rings. The number of nitrogens with two attached hydrogens (primary N) is 2. The first-order chi connectivity index (χ1) is 15.7. The van der Waals surface area contributed by atoms with Crippen LogP contribution in [-0.2, 0) is 11.4 Å². The summed E-state index contributed by atoms with van der Waals surface area (Å²) in [6.07, 6.45) is 3.06. The second kappa shape index (κ2) is 10.1. The molecule has 1 saturated heterocycles. The topological polar surface area (TPSA) is 158 Å². The van der Waals surface area contributed by atoms with Crippen LogP contribution in [0.3, 0.4) is 0 Å². The molecule has 11 nitrogen and oxygen atoms in total. The van der Waals surface area contributed by atoms with Crippen molar-refractivity contribution in [2.75, 3.05) is 27.3 Å². The lowest BCUT2D eigenvalue weighted by Crippen LogP contribution is -2.54. The SMILES string of the molecule is COc1cc(OC)c(F)c(COc2cnc(/N=C(N)\C=C(/N)C(=O)N3CC(O)C3)nc2)c1F. The molecular formula is C20H22F2N6O5. The maximum absolute atomic E-state index is 14.4. The third-order valence-electron chi connectivity index (χ3n) is 4.59. The molecule has 0 atom stereocenters. The number of aliphatic hydroxyl groups excluding tert-OH is 1. The highest BCUT2D eigenvalue weighted by Gasteiger charge is 2.29. The number of hydrogen-bond donors (Lipinski definition) is 3. The molecule has 0 saturated carbocycles. The predicted molar refractivity (Wildman–Crippen MR) is 112 cm³/mol. The van der Waals surface area contributed by atoms with Crippen molar-refractivity contribution in [1.82, 2.24) is 14.9 Å². The summed E-state index contributed by atoms with van der Waals surface area (Å²) in [6.45, 7) is -0.0808. The van der Waals surface area contributed by atoms with E-state index in [1.165, 1.54) is 31.5 Å². The van der Waals surface area contributed by atoms with Gasteiger partial charge in [0.05, 0.1) is 38.3 Å². The summed E-state index contributed by atoms with van der Waals surface area (Å²) < 4.78 is 43.9. The van der Waals surface area contributed by atoms with Gasteiger partial charge in [0.25, 0.3) is 11.9 Å². The molecule has 1 fully saturated rings. The summed E-state index contributed by atoms with van der Waals surface area (Å²) in [5, 5.41) is 9.25. The summed E-state index contributed by atoms with van der Waals surface area (Å²) in [4.78, 5) is 25.1. The molecule has 1 aromatic carbocycles. The number of ether oxygens (including phenoxy) is 3.